The minimum absolute atomic E-state index is 0.0632. The minimum Gasteiger partial charge on any atom is -0.484 e. The summed E-state index contributed by atoms with van der Waals surface area (Å²) in [7, 11) is 0. The van der Waals surface area contributed by atoms with E-state index in [1.165, 1.54) is 5.56 Å². The molecule has 2 N–H and O–H groups in total. The van der Waals surface area contributed by atoms with Gasteiger partial charge in [0.15, 0.2) is 6.61 Å². The Labute approximate surface area is 117 Å². The molecule has 5 nitrogen and oxygen atoms in total. The summed E-state index contributed by atoms with van der Waals surface area (Å²) in [5.74, 6) is 1.08. The SMILES string of the molecule is C#CCC(NC(=O)COc1ccc(CC)cc1)C(=O)O. The predicted molar refractivity (Wildman–Crippen MR) is 74.3 cm³/mol. The molecule has 1 aromatic carbocycles. The highest BCUT2D eigenvalue weighted by Gasteiger charge is 2.18. The zero-order valence-electron chi connectivity index (χ0n) is 11.3. The van der Waals surface area contributed by atoms with Gasteiger partial charge in [-0.3, -0.25) is 4.79 Å². The van der Waals surface area contributed by atoms with Gasteiger partial charge in [0.05, 0.1) is 0 Å². The molecule has 0 aliphatic carbocycles. The van der Waals surface area contributed by atoms with E-state index in [-0.39, 0.29) is 13.0 Å². The lowest BCUT2D eigenvalue weighted by atomic mass is 10.2. The maximum atomic E-state index is 11.6. The number of benzene rings is 1. The van der Waals surface area contributed by atoms with E-state index < -0.39 is 17.9 Å². The summed E-state index contributed by atoms with van der Waals surface area (Å²) < 4.78 is 5.27. The number of amides is 1. The van der Waals surface area contributed by atoms with Crippen molar-refractivity contribution in [1.29, 1.82) is 0 Å². The maximum absolute atomic E-state index is 11.6. The third-order valence-corrected chi connectivity index (χ3v) is 2.66. The van der Waals surface area contributed by atoms with Crippen LogP contribution >= 0.6 is 0 Å². The number of carbonyl (C=O) groups excluding carboxylic acids is 1. The number of rotatable bonds is 7. The Morgan fingerprint density at radius 1 is 1.40 bits per heavy atom. The van der Waals surface area contributed by atoms with Gasteiger partial charge in [-0.05, 0) is 24.1 Å². The Hall–Kier alpha value is -2.48. The van der Waals surface area contributed by atoms with Crippen LogP contribution < -0.4 is 10.1 Å². The van der Waals surface area contributed by atoms with Gasteiger partial charge in [0, 0.05) is 6.42 Å². The number of carboxylic acids is 1. The van der Waals surface area contributed by atoms with Crippen molar-refractivity contribution in [3.05, 3.63) is 29.8 Å². The van der Waals surface area contributed by atoms with E-state index in [1.54, 1.807) is 12.1 Å². The first kappa shape index (κ1) is 15.6. The second kappa shape index (κ2) is 7.85. The van der Waals surface area contributed by atoms with Crippen molar-refractivity contribution < 1.29 is 19.4 Å². The molecule has 0 aromatic heterocycles. The number of aliphatic carboxylic acids is 1. The number of terminal acetylenes is 1. The second-order valence-electron chi connectivity index (χ2n) is 4.15. The van der Waals surface area contributed by atoms with Gasteiger partial charge in [-0.1, -0.05) is 19.1 Å². The van der Waals surface area contributed by atoms with Gasteiger partial charge in [0.1, 0.15) is 11.8 Å². The molecule has 0 radical (unpaired) electrons. The summed E-state index contributed by atoms with van der Waals surface area (Å²) in [6, 6.07) is 6.26. The van der Waals surface area contributed by atoms with E-state index >= 15 is 0 Å². The number of carboxylic acid groups (broad SMARTS) is 1. The summed E-state index contributed by atoms with van der Waals surface area (Å²) in [6.07, 6.45) is 5.90. The zero-order chi connectivity index (χ0) is 15.0. The average molecular weight is 275 g/mol. The zero-order valence-corrected chi connectivity index (χ0v) is 11.3. The van der Waals surface area contributed by atoms with Gasteiger partial charge < -0.3 is 15.2 Å². The fraction of sp³-hybridized carbons (Fsp3) is 0.333. The topological polar surface area (TPSA) is 75.6 Å². The summed E-state index contributed by atoms with van der Waals surface area (Å²) in [5.41, 5.74) is 1.17. The van der Waals surface area contributed by atoms with Gasteiger partial charge in [0.2, 0.25) is 0 Å². The Morgan fingerprint density at radius 2 is 2.05 bits per heavy atom. The van der Waals surface area contributed by atoms with Crippen molar-refractivity contribution in [2.24, 2.45) is 0 Å². The van der Waals surface area contributed by atoms with Crippen LogP contribution in [0.4, 0.5) is 0 Å². The Bertz CT molecular complexity index is 502. The number of aryl methyl sites for hydroxylation is 1. The quantitative estimate of drug-likeness (QED) is 0.734. The smallest absolute Gasteiger partial charge is 0.327 e. The lowest BCUT2D eigenvalue weighted by Crippen LogP contribution is -2.42. The molecule has 1 aromatic rings. The van der Waals surface area contributed by atoms with Crippen molar-refractivity contribution in [3.63, 3.8) is 0 Å². The normalized spacial score (nSPS) is 11.2. The van der Waals surface area contributed by atoms with Gasteiger partial charge >= 0.3 is 5.97 Å². The van der Waals surface area contributed by atoms with E-state index in [1.807, 2.05) is 19.1 Å². The molecule has 0 fully saturated rings. The molecule has 0 aliphatic rings. The molecule has 1 unspecified atom stereocenters. The summed E-state index contributed by atoms with van der Waals surface area (Å²) in [6.45, 7) is 1.79. The van der Waals surface area contributed by atoms with E-state index in [0.717, 1.165) is 6.42 Å². The monoisotopic (exact) mass is 275 g/mol. The van der Waals surface area contributed by atoms with Crippen LogP contribution in [0, 0.1) is 12.3 Å². The van der Waals surface area contributed by atoms with Crippen molar-refractivity contribution in [3.8, 4) is 18.1 Å². The predicted octanol–water partition coefficient (Wildman–Crippen LogP) is 1.22. The molecule has 1 rings (SSSR count). The summed E-state index contributed by atoms with van der Waals surface area (Å²) >= 11 is 0. The maximum Gasteiger partial charge on any atom is 0.327 e. The molecule has 0 heterocycles. The molecule has 0 saturated carbocycles. The van der Waals surface area contributed by atoms with Crippen LogP contribution in [-0.4, -0.2) is 29.6 Å². The van der Waals surface area contributed by atoms with E-state index in [0.29, 0.717) is 5.75 Å². The first-order valence-corrected chi connectivity index (χ1v) is 6.24. The number of carbonyl (C=O) groups is 2. The minimum atomic E-state index is -1.16. The van der Waals surface area contributed by atoms with Gasteiger partial charge in [0.25, 0.3) is 5.91 Å². The molecular formula is C15H17NO4. The summed E-state index contributed by atoms with van der Waals surface area (Å²) in [5, 5.41) is 11.1. The van der Waals surface area contributed by atoms with Crippen molar-refractivity contribution >= 4 is 11.9 Å². The van der Waals surface area contributed by atoms with Gasteiger partial charge in [-0.15, -0.1) is 12.3 Å². The number of nitrogens with one attached hydrogen (secondary N) is 1. The first-order chi connectivity index (χ1) is 9.56. The van der Waals surface area contributed by atoms with Crippen LogP contribution in [0.2, 0.25) is 0 Å². The molecular weight excluding hydrogens is 258 g/mol. The molecule has 5 heteroatoms. The molecule has 1 amide bonds. The summed E-state index contributed by atoms with van der Waals surface area (Å²) in [4.78, 5) is 22.4. The van der Waals surface area contributed by atoms with E-state index in [4.69, 9.17) is 16.3 Å². The number of hydrogen-bond donors (Lipinski definition) is 2. The fourth-order valence-electron chi connectivity index (χ4n) is 1.52. The first-order valence-electron chi connectivity index (χ1n) is 6.24. The van der Waals surface area contributed by atoms with Crippen LogP contribution in [-0.2, 0) is 16.0 Å². The molecule has 0 aliphatic heterocycles. The van der Waals surface area contributed by atoms with E-state index in [2.05, 4.69) is 11.2 Å². The van der Waals surface area contributed by atoms with Gasteiger partial charge in [-0.2, -0.15) is 0 Å². The second-order valence-corrected chi connectivity index (χ2v) is 4.15. The molecule has 1 atom stereocenters. The molecule has 0 bridgehead atoms. The van der Waals surface area contributed by atoms with E-state index in [9.17, 15) is 9.59 Å². The third-order valence-electron chi connectivity index (χ3n) is 2.66. The van der Waals surface area contributed by atoms with Crippen LogP contribution in [0.3, 0.4) is 0 Å². The van der Waals surface area contributed by atoms with Crippen LogP contribution in [0.5, 0.6) is 5.75 Å². The van der Waals surface area contributed by atoms with Crippen molar-refractivity contribution in [1.82, 2.24) is 5.32 Å². The fourth-order valence-corrected chi connectivity index (χ4v) is 1.52. The third kappa shape index (κ3) is 5.02. The average Bonchev–Trinajstić information content (AvgIpc) is 2.45. The largest absolute Gasteiger partial charge is 0.484 e. The van der Waals surface area contributed by atoms with Crippen LogP contribution in [0.25, 0.3) is 0 Å². The highest BCUT2D eigenvalue weighted by Crippen LogP contribution is 2.12. The highest BCUT2D eigenvalue weighted by molar-refractivity contribution is 5.84. The molecule has 20 heavy (non-hydrogen) atoms. The Morgan fingerprint density at radius 3 is 2.55 bits per heavy atom. The van der Waals surface area contributed by atoms with Crippen LogP contribution in [0.1, 0.15) is 18.9 Å². The highest BCUT2D eigenvalue weighted by atomic mass is 16.5. The molecule has 0 saturated heterocycles. The number of ether oxygens (including phenoxy) is 1. The number of hydrogen-bond acceptors (Lipinski definition) is 3. The van der Waals surface area contributed by atoms with Crippen molar-refractivity contribution in [2.75, 3.05) is 6.61 Å². The van der Waals surface area contributed by atoms with Crippen molar-refractivity contribution in [2.45, 2.75) is 25.8 Å². The molecule has 106 valence electrons. The Balaban J connectivity index is 2.46. The standard InChI is InChI=1S/C15H17NO4/c1-3-5-13(15(18)19)16-14(17)10-20-12-8-6-11(4-2)7-9-12/h1,6-9,13H,4-5,10H2,2H3,(H,16,17)(H,18,19). The lowest BCUT2D eigenvalue weighted by molar-refractivity contribution is -0.141. The molecule has 0 spiro atoms. The van der Waals surface area contributed by atoms with Gasteiger partial charge in [-0.25, -0.2) is 4.79 Å². The Kier molecular flexibility index (Phi) is 6.11. The van der Waals surface area contributed by atoms with Crippen LogP contribution in [0.15, 0.2) is 24.3 Å². The lowest BCUT2D eigenvalue weighted by Gasteiger charge is -2.12.